The summed E-state index contributed by atoms with van der Waals surface area (Å²) >= 11 is 0. The smallest absolute Gasteiger partial charge is 0.242 e. The molecule has 3 rings (SSSR count). The lowest BCUT2D eigenvalue weighted by molar-refractivity contribution is -0.140. The van der Waals surface area contributed by atoms with Gasteiger partial charge in [0, 0.05) is 32.2 Å². The van der Waals surface area contributed by atoms with Crippen LogP contribution in [0.4, 0.5) is 0 Å². The second-order valence-electron chi connectivity index (χ2n) is 8.19. The first-order valence-corrected chi connectivity index (χ1v) is 10.2. The highest BCUT2D eigenvalue weighted by molar-refractivity contribution is 5.86. The number of nitrogens with zero attached hydrogens (tertiary/aromatic N) is 2. The van der Waals surface area contributed by atoms with E-state index in [-0.39, 0.29) is 36.6 Å². The lowest BCUT2D eigenvalue weighted by Gasteiger charge is -2.41. The normalized spacial score (nSPS) is 23.7. The van der Waals surface area contributed by atoms with Crippen LogP contribution in [0, 0.1) is 0 Å². The Morgan fingerprint density at radius 2 is 1.44 bits per heavy atom. The molecular weight excluding hydrogens is 387 g/mol. The average molecular weight is 423 g/mol. The number of hydrogen-bond donors (Lipinski definition) is 2. The molecule has 0 unspecified atom stereocenters. The zero-order valence-electron chi connectivity index (χ0n) is 16.3. The molecule has 2 aliphatic carbocycles. The Hall–Kier alpha value is -0.560. The van der Waals surface area contributed by atoms with Crippen molar-refractivity contribution in [2.75, 3.05) is 32.7 Å². The van der Waals surface area contributed by atoms with Crippen molar-refractivity contribution in [2.24, 2.45) is 5.73 Å². The number of rotatable bonds is 4. The number of piperazine rings is 1. The number of carbonyl (C=O) groups is 2. The summed E-state index contributed by atoms with van der Waals surface area (Å²) in [6.07, 6.45) is 10.9. The zero-order chi connectivity index (χ0) is 17.7. The van der Waals surface area contributed by atoms with Crippen molar-refractivity contribution < 1.29 is 9.59 Å². The van der Waals surface area contributed by atoms with Crippen molar-refractivity contribution in [1.82, 2.24) is 15.1 Å². The lowest BCUT2D eigenvalue weighted by Crippen LogP contribution is -2.60. The Kier molecular flexibility index (Phi) is 10.4. The summed E-state index contributed by atoms with van der Waals surface area (Å²) in [6, 6.07) is 0.368. The number of nitrogens with one attached hydrogen (secondary N) is 1. The summed E-state index contributed by atoms with van der Waals surface area (Å²) in [5, 5.41) is 3.18. The predicted molar refractivity (Wildman–Crippen MR) is 113 cm³/mol. The molecular formula is C19H36Cl2N4O2. The second-order valence-corrected chi connectivity index (χ2v) is 8.19. The van der Waals surface area contributed by atoms with Crippen LogP contribution in [0.2, 0.25) is 0 Å². The summed E-state index contributed by atoms with van der Waals surface area (Å²) in [7, 11) is 0. The van der Waals surface area contributed by atoms with Crippen molar-refractivity contribution >= 4 is 36.6 Å². The van der Waals surface area contributed by atoms with Gasteiger partial charge in [0.1, 0.15) is 0 Å². The minimum atomic E-state index is -0.640. The number of hydrogen-bond acceptors (Lipinski definition) is 4. The summed E-state index contributed by atoms with van der Waals surface area (Å²) in [5.41, 5.74) is 5.74. The number of nitrogens with two attached hydrogens (primary N) is 1. The van der Waals surface area contributed by atoms with Crippen molar-refractivity contribution in [3.05, 3.63) is 0 Å². The molecule has 0 spiro atoms. The van der Waals surface area contributed by atoms with Gasteiger partial charge in [0.15, 0.2) is 0 Å². The first-order chi connectivity index (χ1) is 12.1. The number of halogens is 2. The van der Waals surface area contributed by atoms with E-state index in [1.165, 1.54) is 25.7 Å². The van der Waals surface area contributed by atoms with Crippen molar-refractivity contribution in [3.8, 4) is 0 Å². The van der Waals surface area contributed by atoms with Gasteiger partial charge >= 0.3 is 0 Å². The van der Waals surface area contributed by atoms with Crippen LogP contribution in [0.1, 0.15) is 64.2 Å². The fourth-order valence-electron chi connectivity index (χ4n) is 4.54. The van der Waals surface area contributed by atoms with Crippen LogP contribution in [0.15, 0.2) is 0 Å². The van der Waals surface area contributed by atoms with E-state index >= 15 is 0 Å². The van der Waals surface area contributed by atoms with Crippen LogP contribution in [0.5, 0.6) is 0 Å². The third-order valence-corrected chi connectivity index (χ3v) is 6.17. The third kappa shape index (κ3) is 6.77. The van der Waals surface area contributed by atoms with Crippen LogP contribution in [-0.2, 0) is 9.59 Å². The molecule has 2 amide bonds. The fourth-order valence-corrected chi connectivity index (χ4v) is 4.54. The molecule has 0 bridgehead atoms. The minimum absolute atomic E-state index is 0. The number of amides is 2. The highest BCUT2D eigenvalue weighted by atomic mass is 35.5. The molecule has 0 atom stereocenters. The molecule has 158 valence electrons. The molecule has 27 heavy (non-hydrogen) atoms. The van der Waals surface area contributed by atoms with Gasteiger partial charge in [0.05, 0.1) is 12.1 Å². The average Bonchev–Trinajstić information content (AvgIpc) is 2.63. The standard InChI is InChI=1S/C19H34N4O2.2ClH/c20-19(9-5-2-6-10-19)18(25)23-13-11-22(12-14-23)15-17(24)21-16-7-3-1-4-8-16;;/h16H,1-15,20H2,(H,21,24);2*1H. The molecule has 0 radical (unpaired) electrons. The Morgan fingerprint density at radius 3 is 2.04 bits per heavy atom. The highest BCUT2D eigenvalue weighted by Crippen LogP contribution is 2.28. The van der Waals surface area contributed by atoms with E-state index in [2.05, 4.69) is 10.2 Å². The summed E-state index contributed by atoms with van der Waals surface area (Å²) in [6.45, 7) is 3.36. The summed E-state index contributed by atoms with van der Waals surface area (Å²) < 4.78 is 0. The van der Waals surface area contributed by atoms with E-state index in [1.54, 1.807) is 0 Å². The summed E-state index contributed by atoms with van der Waals surface area (Å²) in [4.78, 5) is 29.1. The first kappa shape index (κ1) is 24.5. The van der Waals surface area contributed by atoms with Gasteiger partial charge in [-0.1, -0.05) is 38.5 Å². The van der Waals surface area contributed by atoms with Crippen molar-refractivity contribution in [1.29, 1.82) is 0 Å². The van der Waals surface area contributed by atoms with E-state index in [4.69, 9.17) is 5.73 Å². The molecule has 0 aromatic rings. The van der Waals surface area contributed by atoms with Gasteiger partial charge in [0.2, 0.25) is 11.8 Å². The Labute approximate surface area is 175 Å². The van der Waals surface area contributed by atoms with E-state index in [0.717, 1.165) is 51.6 Å². The Bertz CT molecular complexity index is 472. The molecule has 1 heterocycles. The maximum absolute atomic E-state index is 12.8. The van der Waals surface area contributed by atoms with Crippen LogP contribution in [-0.4, -0.2) is 65.9 Å². The predicted octanol–water partition coefficient (Wildman–Crippen LogP) is 2.08. The van der Waals surface area contributed by atoms with Crippen LogP contribution < -0.4 is 11.1 Å². The van der Waals surface area contributed by atoms with Gasteiger partial charge in [-0.25, -0.2) is 0 Å². The SMILES string of the molecule is Cl.Cl.NC1(C(=O)N2CCN(CC(=O)NC3CCCCC3)CC2)CCCCC1. The van der Waals surface area contributed by atoms with Crippen molar-refractivity contribution in [3.63, 3.8) is 0 Å². The molecule has 8 heteroatoms. The monoisotopic (exact) mass is 422 g/mol. The largest absolute Gasteiger partial charge is 0.352 e. The lowest BCUT2D eigenvalue weighted by atomic mass is 9.81. The second kappa shape index (κ2) is 11.4. The van der Waals surface area contributed by atoms with Gasteiger partial charge in [-0.15, -0.1) is 24.8 Å². The van der Waals surface area contributed by atoms with E-state index in [9.17, 15) is 9.59 Å². The fraction of sp³-hybridized carbons (Fsp3) is 0.895. The molecule has 0 aromatic heterocycles. The van der Waals surface area contributed by atoms with Gasteiger partial charge in [0.25, 0.3) is 0 Å². The molecule has 1 aliphatic heterocycles. The molecule has 3 N–H and O–H groups in total. The first-order valence-electron chi connectivity index (χ1n) is 10.2. The van der Waals surface area contributed by atoms with E-state index in [1.807, 2.05) is 4.90 Å². The maximum Gasteiger partial charge on any atom is 0.242 e. The highest BCUT2D eigenvalue weighted by Gasteiger charge is 2.39. The molecule has 3 aliphatic rings. The molecule has 0 aromatic carbocycles. The van der Waals surface area contributed by atoms with Crippen molar-refractivity contribution in [2.45, 2.75) is 75.8 Å². The van der Waals surface area contributed by atoms with Gasteiger partial charge < -0.3 is 16.0 Å². The Balaban J connectivity index is 0.00000182. The Morgan fingerprint density at radius 1 is 0.889 bits per heavy atom. The van der Waals surface area contributed by atoms with Crippen LogP contribution in [0.25, 0.3) is 0 Å². The zero-order valence-corrected chi connectivity index (χ0v) is 17.9. The van der Waals surface area contributed by atoms with Gasteiger partial charge in [-0.2, -0.15) is 0 Å². The van der Waals surface area contributed by atoms with Gasteiger partial charge in [-0.05, 0) is 25.7 Å². The maximum atomic E-state index is 12.8. The number of carbonyl (C=O) groups excluding carboxylic acids is 2. The third-order valence-electron chi connectivity index (χ3n) is 6.17. The van der Waals surface area contributed by atoms with Gasteiger partial charge in [-0.3, -0.25) is 14.5 Å². The molecule has 3 fully saturated rings. The molecule has 1 saturated heterocycles. The van der Waals surface area contributed by atoms with Crippen LogP contribution >= 0.6 is 24.8 Å². The molecule has 6 nitrogen and oxygen atoms in total. The van der Waals surface area contributed by atoms with Crippen LogP contribution in [0.3, 0.4) is 0 Å². The minimum Gasteiger partial charge on any atom is -0.352 e. The quantitative estimate of drug-likeness (QED) is 0.726. The summed E-state index contributed by atoms with van der Waals surface area (Å²) in [5.74, 6) is 0.257. The van der Waals surface area contributed by atoms with E-state index < -0.39 is 5.54 Å². The van der Waals surface area contributed by atoms with E-state index in [0.29, 0.717) is 25.7 Å². The topological polar surface area (TPSA) is 78.7 Å². The molecule has 2 saturated carbocycles.